The standard InChI is InChI=1S/C18H26F3N5O2.HI/c1-2-23-17(26-9-4-5-13(12-26)11-15(22)27)25-8-10-28-16-14(18(19,20)21)6-3-7-24-16;/h3,6-7,13H,2,4-5,8-12H2,1H3,(H2,22,27)(H,23,25);1H. The SMILES string of the molecule is CCNC(=NCCOc1ncccc1C(F)(F)F)N1CCCC(CC(N)=O)C1.I. The Morgan fingerprint density at radius 2 is 2.24 bits per heavy atom. The van der Waals surface area contributed by atoms with Gasteiger partial charge in [-0.25, -0.2) is 9.98 Å². The number of piperidine rings is 1. The maximum absolute atomic E-state index is 13.0. The van der Waals surface area contributed by atoms with Crippen molar-refractivity contribution in [2.24, 2.45) is 16.6 Å². The lowest BCUT2D eigenvalue weighted by molar-refractivity contribution is -0.139. The lowest BCUT2D eigenvalue weighted by Gasteiger charge is -2.34. The summed E-state index contributed by atoms with van der Waals surface area (Å²) in [5, 5.41) is 3.17. The number of guanidine groups is 1. The molecule has 1 aromatic rings. The average molecular weight is 529 g/mol. The van der Waals surface area contributed by atoms with Crippen molar-refractivity contribution in [2.75, 3.05) is 32.8 Å². The molecule has 11 heteroatoms. The van der Waals surface area contributed by atoms with Gasteiger partial charge in [0.15, 0.2) is 5.96 Å². The van der Waals surface area contributed by atoms with Gasteiger partial charge in [0.1, 0.15) is 12.2 Å². The summed E-state index contributed by atoms with van der Waals surface area (Å²) in [7, 11) is 0. The van der Waals surface area contributed by atoms with Crippen LogP contribution in [0.15, 0.2) is 23.3 Å². The number of primary amides is 1. The zero-order valence-electron chi connectivity index (χ0n) is 16.2. The van der Waals surface area contributed by atoms with Gasteiger partial charge in [-0.15, -0.1) is 24.0 Å². The number of aromatic nitrogens is 1. The molecule has 0 bridgehead atoms. The number of hydrogen-bond acceptors (Lipinski definition) is 4. The number of alkyl halides is 3. The first-order valence-electron chi connectivity index (χ1n) is 9.27. The normalized spacial score (nSPS) is 17.4. The van der Waals surface area contributed by atoms with E-state index in [4.69, 9.17) is 10.5 Å². The monoisotopic (exact) mass is 529 g/mol. The third kappa shape index (κ3) is 8.23. The molecule has 1 aliphatic rings. The van der Waals surface area contributed by atoms with Gasteiger partial charge in [-0.3, -0.25) is 4.79 Å². The van der Waals surface area contributed by atoms with Crippen LogP contribution in [0.1, 0.15) is 31.7 Å². The summed E-state index contributed by atoms with van der Waals surface area (Å²) < 4.78 is 44.1. The molecule has 1 unspecified atom stereocenters. The lowest BCUT2D eigenvalue weighted by atomic mass is 9.95. The maximum Gasteiger partial charge on any atom is 0.421 e. The molecule has 1 atom stereocenters. The van der Waals surface area contributed by atoms with Crippen molar-refractivity contribution < 1.29 is 22.7 Å². The van der Waals surface area contributed by atoms with E-state index in [-0.39, 0.29) is 49.0 Å². The molecule has 1 saturated heterocycles. The second-order valence-electron chi connectivity index (χ2n) is 6.56. The fourth-order valence-electron chi connectivity index (χ4n) is 3.15. The predicted molar refractivity (Wildman–Crippen MR) is 114 cm³/mol. The zero-order valence-corrected chi connectivity index (χ0v) is 18.6. The van der Waals surface area contributed by atoms with Crippen LogP contribution in [0.5, 0.6) is 5.88 Å². The summed E-state index contributed by atoms with van der Waals surface area (Å²) in [6.45, 7) is 4.17. The van der Waals surface area contributed by atoms with E-state index in [2.05, 4.69) is 15.3 Å². The molecule has 1 amide bonds. The summed E-state index contributed by atoms with van der Waals surface area (Å²) >= 11 is 0. The van der Waals surface area contributed by atoms with E-state index < -0.39 is 17.6 Å². The van der Waals surface area contributed by atoms with Crippen molar-refractivity contribution in [3.05, 3.63) is 23.9 Å². The fourth-order valence-corrected chi connectivity index (χ4v) is 3.15. The Morgan fingerprint density at radius 1 is 1.48 bits per heavy atom. The number of aliphatic imine (C=N–C) groups is 1. The number of likely N-dealkylation sites (tertiary alicyclic amines) is 1. The second kappa shape index (κ2) is 12.0. The van der Waals surface area contributed by atoms with Crippen LogP contribution in [0, 0.1) is 5.92 Å². The molecule has 29 heavy (non-hydrogen) atoms. The summed E-state index contributed by atoms with van der Waals surface area (Å²) in [6, 6.07) is 2.15. The number of carbonyl (C=O) groups excluding carboxylic acids is 1. The Morgan fingerprint density at radius 3 is 2.90 bits per heavy atom. The Balaban J connectivity index is 0.00000420. The van der Waals surface area contributed by atoms with E-state index in [0.29, 0.717) is 25.5 Å². The molecule has 0 aromatic carbocycles. The number of pyridine rings is 1. The largest absolute Gasteiger partial charge is 0.475 e. The zero-order chi connectivity index (χ0) is 20.6. The first-order chi connectivity index (χ1) is 13.3. The Kier molecular flexibility index (Phi) is 10.5. The maximum atomic E-state index is 13.0. The van der Waals surface area contributed by atoms with Crippen molar-refractivity contribution in [2.45, 2.75) is 32.4 Å². The van der Waals surface area contributed by atoms with E-state index in [0.717, 1.165) is 25.5 Å². The van der Waals surface area contributed by atoms with Crippen LogP contribution in [-0.4, -0.2) is 54.5 Å². The topological polar surface area (TPSA) is 92.8 Å². The van der Waals surface area contributed by atoms with Gasteiger partial charge < -0.3 is 20.7 Å². The number of carbonyl (C=O) groups is 1. The Bertz CT molecular complexity index is 688. The van der Waals surface area contributed by atoms with Gasteiger partial charge in [0.05, 0.1) is 6.54 Å². The van der Waals surface area contributed by atoms with Crippen molar-refractivity contribution in [3.8, 4) is 5.88 Å². The highest BCUT2D eigenvalue weighted by atomic mass is 127. The van der Waals surface area contributed by atoms with E-state index in [1.807, 2.05) is 11.8 Å². The minimum atomic E-state index is -4.52. The van der Waals surface area contributed by atoms with E-state index in [1.165, 1.54) is 12.3 Å². The molecule has 0 radical (unpaired) electrons. The molecule has 2 rings (SSSR count). The van der Waals surface area contributed by atoms with E-state index >= 15 is 0 Å². The lowest BCUT2D eigenvalue weighted by Crippen LogP contribution is -2.47. The first kappa shape index (κ1) is 25.2. The molecule has 0 saturated carbocycles. The van der Waals surface area contributed by atoms with Gasteiger partial charge in [-0.1, -0.05) is 0 Å². The molecule has 3 N–H and O–H groups in total. The Hall–Kier alpha value is -1.79. The molecular weight excluding hydrogens is 502 g/mol. The third-order valence-corrected chi connectivity index (χ3v) is 4.31. The van der Waals surface area contributed by atoms with Gasteiger partial charge >= 0.3 is 6.18 Å². The molecule has 1 aromatic heterocycles. The summed E-state index contributed by atoms with van der Waals surface area (Å²) in [5.74, 6) is 0.0549. The van der Waals surface area contributed by atoms with Crippen LogP contribution in [0.2, 0.25) is 0 Å². The van der Waals surface area contributed by atoms with Crippen LogP contribution in [0.3, 0.4) is 0 Å². The quantitative estimate of drug-likeness (QED) is 0.245. The van der Waals surface area contributed by atoms with Gasteiger partial charge in [0, 0.05) is 32.3 Å². The number of rotatable bonds is 7. The minimum absolute atomic E-state index is 0. The number of hydrogen-bond donors (Lipinski definition) is 2. The number of nitrogens with one attached hydrogen (secondary N) is 1. The van der Waals surface area contributed by atoms with Crippen molar-refractivity contribution in [1.82, 2.24) is 15.2 Å². The van der Waals surface area contributed by atoms with Gasteiger partial charge in [-0.05, 0) is 37.8 Å². The van der Waals surface area contributed by atoms with Crippen LogP contribution < -0.4 is 15.8 Å². The van der Waals surface area contributed by atoms with Gasteiger partial charge in [0.2, 0.25) is 11.8 Å². The molecular formula is C18H27F3IN5O2. The van der Waals surface area contributed by atoms with E-state index in [1.54, 1.807) is 0 Å². The number of nitrogens with zero attached hydrogens (tertiary/aromatic N) is 3. The fraction of sp³-hybridized carbons (Fsp3) is 0.611. The second-order valence-corrected chi connectivity index (χ2v) is 6.56. The highest BCUT2D eigenvalue weighted by Crippen LogP contribution is 2.34. The summed E-state index contributed by atoms with van der Waals surface area (Å²) in [4.78, 5) is 21.3. The van der Waals surface area contributed by atoms with Gasteiger partial charge in [0.25, 0.3) is 0 Å². The molecule has 0 aliphatic carbocycles. The Labute approximate surface area is 185 Å². The number of amides is 1. The highest BCUT2D eigenvalue weighted by molar-refractivity contribution is 14.0. The van der Waals surface area contributed by atoms with E-state index in [9.17, 15) is 18.0 Å². The van der Waals surface area contributed by atoms with Crippen LogP contribution in [-0.2, 0) is 11.0 Å². The van der Waals surface area contributed by atoms with Gasteiger partial charge in [-0.2, -0.15) is 13.2 Å². The molecule has 1 fully saturated rings. The van der Waals surface area contributed by atoms with Crippen molar-refractivity contribution in [1.29, 1.82) is 0 Å². The highest BCUT2D eigenvalue weighted by Gasteiger charge is 2.35. The number of nitrogens with two attached hydrogens (primary N) is 1. The molecule has 1 aliphatic heterocycles. The van der Waals surface area contributed by atoms with Crippen molar-refractivity contribution in [3.63, 3.8) is 0 Å². The molecule has 164 valence electrons. The average Bonchev–Trinajstić information content (AvgIpc) is 2.63. The van der Waals surface area contributed by atoms with Crippen LogP contribution in [0.25, 0.3) is 0 Å². The summed E-state index contributed by atoms with van der Waals surface area (Å²) in [6.07, 6.45) is -1.09. The van der Waals surface area contributed by atoms with Crippen molar-refractivity contribution >= 4 is 35.8 Å². The summed E-state index contributed by atoms with van der Waals surface area (Å²) in [5.41, 5.74) is 4.39. The van der Waals surface area contributed by atoms with Crippen LogP contribution in [0.4, 0.5) is 13.2 Å². The molecule has 2 heterocycles. The smallest absolute Gasteiger partial charge is 0.421 e. The number of ether oxygens (including phenoxy) is 1. The first-order valence-corrected chi connectivity index (χ1v) is 9.27. The minimum Gasteiger partial charge on any atom is -0.475 e. The van der Waals surface area contributed by atoms with Crippen LogP contribution >= 0.6 is 24.0 Å². The number of halogens is 4. The molecule has 0 spiro atoms. The third-order valence-electron chi connectivity index (χ3n) is 4.31. The predicted octanol–water partition coefficient (Wildman–Crippen LogP) is 2.65. The molecule has 7 nitrogen and oxygen atoms in total.